The Morgan fingerprint density at radius 2 is 1.29 bits per heavy atom. The van der Waals surface area contributed by atoms with Crippen LogP contribution in [0.1, 0.15) is 19.4 Å². The molecule has 1 nitrogen and oxygen atoms in total. The second-order valence-electron chi connectivity index (χ2n) is 2.99. The third kappa shape index (κ3) is 8.10. The smallest absolute Gasteiger partial charge is 0 e. The van der Waals surface area contributed by atoms with Crippen LogP contribution < -0.4 is 0 Å². The fraction of sp³-hybridized carbons (Fsp3) is 0.333. The summed E-state index contributed by atoms with van der Waals surface area (Å²) in [6.45, 7) is 3.78. The van der Waals surface area contributed by atoms with Crippen LogP contribution in [-0.2, 0) is 27.3 Å². The first kappa shape index (κ1) is 24.1. The van der Waals surface area contributed by atoms with Crippen LogP contribution in [0.2, 0.25) is 0 Å². The van der Waals surface area contributed by atoms with E-state index in [9.17, 15) is 0 Å². The number of benzene rings is 1. The quantitative estimate of drug-likeness (QED) is 0.691. The summed E-state index contributed by atoms with van der Waals surface area (Å²) in [6, 6.07) is 9.85. The average Bonchev–Trinajstić information content (AvgIpc) is 1.88. The van der Waals surface area contributed by atoms with Crippen molar-refractivity contribution in [2.75, 3.05) is 0 Å². The van der Waals surface area contributed by atoms with Crippen LogP contribution in [0.3, 0.4) is 0 Å². The molecule has 0 saturated carbocycles. The van der Waals surface area contributed by atoms with Crippen LogP contribution in [0.5, 0.6) is 0 Å². The molecule has 0 unspecified atom stereocenters. The van der Waals surface area contributed by atoms with E-state index < -0.39 is 5.54 Å². The van der Waals surface area contributed by atoms with Gasteiger partial charge in [0.25, 0.3) is 0 Å². The van der Waals surface area contributed by atoms with Gasteiger partial charge in [-0.3, -0.25) is 0 Å². The first-order valence-corrected chi connectivity index (χ1v) is 3.41. The summed E-state index contributed by atoms with van der Waals surface area (Å²) < 4.78 is 0. The van der Waals surface area contributed by atoms with E-state index in [0.29, 0.717) is 0 Å². The molecule has 1 rings (SSSR count). The molecule has 1 aromatic rings. The van der Waals surface area contributed by atoms with Gasteiger partial charge in [-0.1, -0.05) is 49.7 Å². The van der Waals surface area contributed by atoms with Crippen molar-refractivity contribution >= 4 is 37.2 Å². The summed E-state index contributed by atoms with van der Waals surface area (Å²) in [5.41, 5.74) is 8.28. The maximum Gasteiger partial charge on any atom is 0 e. The molecule has 1 aromatic carbocycles. The van der Waals surface area contributed by atoms with Crippen molar-refractivity contribution in [1.82, 2.24) is 0 Å². The number of nitrogens with one attached hydrogen (secondary N) is 1. The Morgan fingerprint density at radius 1 is 0.929 bits per heavy atom. The van der Waals surface area contributed by atoms with Crippen molar-refractivity contribution in [3.8, 4) is 0 Å². The molecule has 1 N–H and O–H groups in total. The van der Waals surface area contributed by atoms with Crippen molar-refractivity contribution in [1.29, 1.82) is 0 Å². The largest absolute Gasteiger partial charge is 0.669 e. The van der Waals surface area contributed by atoms with Gasteiger partial charge < -0.3 is 5.73 Å². The summed E-state index contributed by atoms with van der Waals surface area (Å²) >= 11 is 0. The van der Waals surface area contributed by atoms with Gasteiger partial charge in [-0.15, -0.1) is 42.8 Å². The van der Waals surface area contributed by atoms with Gasteiger partial charge in [-0.25, -0.2) is 0 Å². The number of halogens is 3. The first-order chi connectivity index (χ1) is 4.61. The van der Waals surface area contributed by atoms with Crippen LogP contribution in [0.4, 0.5) is 0 Å². The minimum Gasteiger partial charge on any atom is -0.669 e. The number of rotatable bonds is 1. The van der Waals surface area contributed by atoms with Gasteiger partial charge in [0.1, 0.15) is 0 Å². The summed E-state index contributed by atoms with van der Waals surface area (Å²) in [5.74, 6) is 0. The van der Waals surface area contributed by atoms with E-state index in [-0.39, 0.29) is 58.9 Å². The maximum atomic E-state index is 7.67. The van der Waals surface area contributed by atoms with Crippen molar-refractivity contribution in [2.45, 2.75) is 19.4 Å². The van der Waals surface area contributed by atoms with Gasteiger partial charge in [0.05, 0.1) is 0 Å². The molecule has 0 aliphatic carbocycles. The molecular weight excluding hydrogens is 276 g/mol. The standard InChI is InChI=1S/C9H12N.3ClH.Ti/c1-9(2,10)8-6-4-3-5-7-8;;;;/h3-7,10H,1-2H3;3*1H;/q-1;;;;. The zero-order valence-corrected chi connectivity index (χ0v) is 12.1. The molecule has 0 saturated heterocycles. The van der Waals surface area contributed by atoms with Crippen LogP contribution in [0, 0.1) is 0 Å². The Labute approximate surface area is 119 Å². The Bertz CT molecular complexity index is 211. The Morgan fingerprint density at radius 3 is 1.50 bits per heavy atom. The van der Waals surface area contributed by atoms with E-state index in [1.54, 1.807) is 0 Å². The van der Waals surface area contributed by atoms with Gasteiger partial charge in [-0.2, -0.15) is 0 Å². The molecule has 82 valence electrons. The average molecular weight is 291 g/mol. The fourth-order valence-electron chi connectivity index (χ4n) is 0.855. The van der Waals surface area contributed by atoms with Crippen LogP contribution in [-0.4, -0.2) is 0 Å². The van der Waals surface area contributed by atoms with Gasteiger partial charge in [-0.05, 0) is 0 Å². The predicted octanol–water partition coefficient (Wildman–Crippen LogP) is 4.24. The van der Waals surface area contributed by atoms with Gasteiger partial charge in [0, 0.05) is 21.7 Å². The van der Waals surface area contributed by atoms with Gasteiger partial charge >= 0.3 is 0 Å². The topological polar surface area (TPSA) is 23.8 Å². The van der Waals surface area contributed by atoms with Crippen molar-refractivity contribution in [3.05, 3.63) is 41.6 Å². The van der Waals surface area contributed by atoms with E-state index in [0.717, 1.165) is 5.56 Å². The Hall–Kier alpha value is 0.764. The molecular formula is C9H15Cl3NTi-. The van der Waals surface area contributed by atoms with Crippen molar-refractivity contribution < 1.29 is 21.7 Å². The van der Waals surface area contributed by atoms with Gasteiger partial charge in [0.2, 0.25) is 0 Å². The number of hydrogen-bond donors (Lipinski definition) is 0. The van der Waals surface area contributed by atoms with Crippen LogP contribution >= 0.6 is 37.2 Å². The van der Waals surface area contributed by atoms with Crippen LogP contribution in [0.15, 0.2) is 30.3 Å². The summed E-state index contributed by atoms with van der Waals surface area (Å²) in [5, 5.41) is 0. The van der Waals surface area contributed by atoms with E-state index in [4.69, 9.17) is 5.73 Å². The monoisotopic (exact) mass is 290 g/mol. The Balaban J connectivity index is -0.000000125. The minimum absolute atomic E-state index is 0. The van der Waals surface area contributed by atoms with E-state index >= 15 is 0 Å². The number of hydrogen-bond acceptors (Lipinski definition) is 0. The molecule has 5 heteroatoms. The van der Waals surface area contributed by atoms with Gasteiger partial charge in [0.15, 0.2) is 0 Å². The molecule has 0 aromatic heterocycles. The van der Waals surface area contributed by atoms with E-state index in [2.05, 4.69) is 0 Å². The molecule has 0 radical (unpaired) electrons. The Kier molecular flexibility index (Phi) is 17.7. The van der Waals surface area contributed by atoms with E-state index in [1.807, 2.05) is 44.2 Å². The summed E-state index contributed by atoms with van der Waals surface area (Å²) in [4.78, 5) is 0. The van der Waals surface area contributed by atoms with E-state index in [1.165, 1.54) is 0 Å². The molecule has 0 heterocycles. The maximum absolute atomic E-state index is 7.67. The second-order valence-corrected chi connectivity index (χ2v) is 2.99. The normalized spacial score (nSPS) is 8.21. The summed E-state index contributed by atoms with van der Waals surface area (Å²) in [6.07, 6.45) is 0. The zero-order valence-electron chi connectivity index (χ0n) is 8.11. The van der Waals surface area contributed by atoms with Crippen molar-refractivity contribution in [3.63, 3.8) is 0 Å². The van der Waals surface area contributed by atoms with Crippen LogP contribution in [0.25, 0.3) is 5.73 Å². The molecule has 14 heavy (non-hydrogen) atoms. The molecule has 0 bridgehead atoms. The molecule has 0 aliphatic heterocycles. The molecule has 0 spiro atoms. The second kappa shape index (κ2) is 10.3. The molecule has 0 amide bonds. The fourth-order valence-corrected chi connectivity index (χ4v) is 0.855. The third-order valence-electron chi connectivity index (χ3n) is 1.50. The molecule has 0 atom stereocenters. The SMILES string of the molecule is CC(C)([NH-])c1ccccc1.Cl.Cl.Cl.[Ti]. The molecule has 0 fully saturated rings. The minimum atomic E-state index is -0.457. The van der Waals surface area contributed by atoms with Crippen molar-refractivity contribution in [2.24, 2.45) is 0 Å². The first-order valence-electron chi connectivity index (χ1n) is 3.41. The predicted molar refractivity (Wildman–Crippen MR) is 65.5 cm³/mol. The summed E-state index contributed by atoms with van der Waals surface area (Å²) in [7, 11) is 0. The zero-order chi connectivity index (χ0) is 7.61. The molecule has 0 aliphatic rings. The third-order valence-corrected chi connectivity index (χ3v) is 1.50.